The Bertz CT molecular complexity index is 4770. The van der Waals surface area contributed by atoms with Gasteiger partial charge in [0, 0.05) is 33.5 Å². The van der Waals surface area contributed by atoms with Crippen molar-refractivity contribution in [3.05, 3.63) is 279 Å². The maximum absolute atomic E-state index is 9.10. The van der Waals surface area contributed by atoms with Gasteiger partial charge in [0.2, 0.25) is 0 Å². The highest BCUT2D eigenvalue weighted by Crippen LogP contribution is 2.47. The minimum absolute atomic E-state index is 0.137. The Balaban J connectivity index is 0.939. The summed E-state index contributed by atoms with van der Waals surface area (Å²) in [6, 6.07) is 62.6. The van der Waals surface area contributed by atoms with Crippen molar-refractivity contribution in [2.24, 2.45) is 4.99 Å². The predicted molar refractivity (Wildman–Crippen MR) is 298 cm³/mol. The van der Waals surface area contributed by atoms with Gasteiger partial charge in [0.25, 0.3) is 6.33 Å². The number of benzene rings is 11. The van der Waals surface area contributed by atoms with Crippen molar-refractivity contribution in [2.75, 3.05) is 0 Å². The number of hydrogen-bond acceptors (Lipinski definition) is 2. The van der Waals surface area contributed by atoms with E-state index in [0.717, 1.165) is 72.3 Å². The normalized spacial score (nSPS) is 13.8. The molecule has 0 bridgehead atoms. The average molecular weight is 943 g/mol. The molecular formula is C68H44N4O. The molecule has 3 heterocycles. The van der Waals surface area contributed by atoms with Crippen molar-refractivity contribution in [3.8, 4) is 78.5 Å². The average Bonchev–Trinajstić information content (AvgIpc) is 4.28. The van der Waals surface area contributed by atoms with Crippen LogP contribution in [0.4, 0.5) is 5.69 Å². The van der Waals surface area contributed by atoms with Crippen molar-refractivity contribution in [2.45, 2.75) is 0 Å². The molecule has 0 unspecified atom stereocenters. The molecule has 0 atom stereocenters. The molecule has 13 aromatic rings. The van der Waals surface area contributed by atoms with Gasteiger partial charge in [-0.05, 0) is 80.9 Å². The molecule has 14 rings (SSSR count). The molecule has 0 fully saturated rings. The number of aliphatic imine (C=N–C) groups is 1. The number of para-hydroxylation sites is 5. The molecule has 0 amide bonds. The van der Waals surface area contributed by atoms with Crippen LogP contribution >= 0.6 is 0 Å². The number of fused-ring (bicyclic) bond motifs is 9. The van der Waals surface area contributed by atoms with E-state index in [1.807, 2.05) is 91.0 Å². The first-order chi connectivity index (χ1) is 40.4. The van der Waals surface area contributed by atoms with Gasteiger partial charge in [-0.2, -0.15) is 0 Å². The molecule has 2 aromatic heterocycles. The fraction of sp³-hybridized carbons (Fsp3) is 0. The maximum atomic E-state index is 9.10. The lowest BCUT2D eigenvalue weighted by molar-refractivity contribution is -0.571. The molecule has 0 N–H and O–H groups in total. The van der Waals surface area contributed by atoms with Crippen LogP contribution in [-0.4, -0.2) is 15.0 Å². The van der Waals surface area contributed by atoms with Crippen LogP contribution in [-0.2, 0) is 0 Å². The van der Waals surface area contributed by atoms with E-state index < -0.39 is 60.4 Å². The molecule has 5 heteroatoms. The summed E-state index contributed by atoms with van der Waals surface area (Å²) in [6.45, 7) is 0. The van der Waals surface area contributed by atoms with Gasteiger partial charge in [-0.1, -0.05) is 224 Å². The van der Waals surface area contributed by atoms with Crippen LogP contribution in [0, 0.1) is 6.33 Å². The van der Waals surface area contributed by atoms with Gasteiger partial charge in [0.1, 0.15) is 17.3 Å². The zero-order chi connectivity index (χ0) is 56.9. The van der Waals surface area contributed by atoms with Gasteiger partial charge in [-0.3, -0.25) is 13.7 Å². The molecular weight excluding hydrogens is 889 g/mol. The molecule has 0 saturated heterocycles. The minimum atomic E-state index is -0.572. The molecule has 342 valence electrons. The number of hydrogen-bond donors (Lipinski definition) is 0. The summed E-state index contributed by atoms with van der Waals surface area (Å²) in [7, 11) is 0. The van der Waals surface area contributed by atoms with Gasteiger partial charge in [-0.15, -0.1) is 0 Å². The highest BCUT2D eigenvalue weighted by Gasteiger charge is 2.26. The van der Waals surface area contributed by atoms with E-state index in [4.69, 9.17) is 23.4 Å². The summed E-state index contributed by atoms with van der Waals surface area (Å²) in [5.41, 5.74) is 12.0. The third-order valence-electron chi connectivity index (χ3n) is 13.5. The summed E-state index contributed by atoms with van der Waals surface area (Å²) in [5.74, 6) is 1.80. The predicted octanol–water partition coefficient (Wildman–Crippen LogP) is 16.9. The monoisotopic (exact) mass is 942 g/mol. The van der Waals surface area contributed by atoms with Crippen LogP contribution in [0.5, 0.6) is 11.5 Å². The molecule has 1 aliphatic rings. The van der Waals surface area contributed by atoms with E-state index in [2.05, 4.69) is 108 Å². The highest BCUT2D eigenvalue weighted by molar-refractivity contribution is 6.21. The largest absolute Gasteiger partial charge is 0.458 e. The lowest BCUT2D eigenvalue weighted by atomic mass is 9.87. The molecule has 0 radical (unpaired) electrons. The van der Waals surface area contributed by atoms with Crippen molar-refractivity contribution in [1.82, 2.24) is 9.13 Å². The maximum Gasteiger partial charge on any atom is 0.269 e. The van der Waals surface area contributed by atoms with Crippen LogP contribution < -0.4 is 9.30 Å². The third-order valence-corrected chi connectivity index (χ3v) is 13.5. The molecule has 73 heavy (non-hydrogen) atoms. The Hall–Kier alpha value is -9.84. The Morgan fingerprint density at radius 1 is 0.411 bits per heavy atom. The van der Waals surface area contributed by atoms with Crippen molar-refractivity contribution < 1.29 is 23.0 Å². The zero-order valence-electron chi connectivity index (χ0n) is 48.8. The third kappa shape index (κ3) is 7.17. The van der Waals surface area contributed by atoms with Crippen LogP contribution in [0.15, 0.2) is 272 Å². The molecule has 0 spiro atoms. The van der Waals surface area contributed by atoms with Gasteiger partial charge >= 0.3 is 0 Å². The Labute approximate surface area is 437 Å². The molecule has 0 aliphatic carbocycles. The number of rotatable bonds is 7. The number of aromatic nitrogens is 3. The summed E-state index contributed by atoms with van der Waals surface area (Å²) < 4.78 is 100. The fourth-order valence-corrected chi connectivity index (χ4v) is 10.4. The van der Waals surface area contributed by atoms with Gasteiger partial charge in [0.05, 0.1) is 52.8 Å². The Kier molecular flexibility index (Phi) is 7.90. The SMILES string of the molecule is [2H]c1c([2H])c([2H])c(-c2cccc(-c3c([2H])c([2H])c([2H])c([2H])c3[2H])c2-[n+]2[c-]n(-c3cccc(Oc4ccc5c6ccccc6n(C6=Nc7c(-c8ccccc8)cccc7-c7ccccc7-c7ccccc76)c5c4)c3)c3ccccc32)c([2H])c1[2H]. The number of imidazole rings is 1. The van der Waals surface area contributed by atoms with Gasteiger partial charge in [-0.25, -0.2) is 4.99 Å². The summed E-state index contributed by atoms with van der Waals surface area (Å²) in [6.07, 6.45) is 3.48. The smallest absolute Gasteiger partial charge is 0.269 e. The van der Waals surface area contributed by atoms with Crippen LogP contribution in [0.3, 0.4) is 0 Å². The van der Waals surface area contributed by atoms with E-state index in [-0.39, 0.29) is 27.9 Å². The summed E-state index contributed by atoms with van der Waals surface area (Å²) in [5, 5.41) is 2.05. The van der Waals surface area contributed by atoms with E-state index in [9.17, 15) is 0 Å². The van der Waals surface area contributed by atoms with Crippen LogP contribution in [0.2, 0.25) is 0 Å². The summed E-state index contributed by atoms with van der Waals surface area (Å²) >= 11 is 0. The highest BCUT2D eigenvalue weighted by atomic mass is 16.5. The minimum Gasteiger partial charge on any atom is -0.458 e. The van der Waals surface area contributed by atoms with Crippen molar-refractivity contribution >= 4 is 44.4 Å². The zero-order valence-corrected chi connectivity index (χ0v) is 38.8. The number of nitrogens with zero attached hydrogens (tertiary/aromatic N) is 4. The Morgan fingerprint density at radius 3 is 1.70 bits per heavy atom. The van der Waals surface area contributed by atoms with Gasteiger partial charge < -0.3 is 4.74 Å². The summed E-state index contributed by atoms with van der Waals surface area (Å²) in [4.78, 5) is 5.80. The topological polar surface area (TPSA) is 35.3 Å². The standard InChI is InChI=1S/C68H44N4O/c1-4-21-46(22-5-1)52-34-19-37-60-56-30-11-10-29-55(56)57-31-12-13-33-61(57)68(69-66(52)60)72-62-38-15-14-32-58(62)59-42-41-51(44-65(59)72)73-50-28-18-27-49(43-50)70-45-71(64-40-17-16-39-63(64)70)67-53(47-23-6-2-7-24-47)35-20-36-54(67)48-25-8-3-9-26-48/h1-44H/i2D,3D,6D,7D,8D,9D,23D,24D,25D,26D. The second-order valence-electron chi connectivity index (χ2n) is 17.7. The van der Waals surface area contributed by atoms with Crippen LogP contribution in [0.1, 0.15) is 19.3 Å². The van der Waals surface area contributed by atoms with E-state index in [1.54, 1.807) is 27.3 Å². The first-order valence-electron chi connectivity index (χ1n) is 28.9. The molecule has 11 aromatic carbocycles. The van der Waals surface area contributed by atoms with E-state index in [1.165, 1.54) is 0 Å². The lowest BCUT2D eigenvalue weighted by Crippen LogP contribution is -2.31. The second-order valence-corrected chi connectivity index (χ2v) is 17.7. The van der Waals surface area contributed by atoms with E-state index >= 15 is 0 Å². The Morgan fingerprint density at radius 2 is 0.959 bits per heavy atom. The quantitative estimate of drug-likeness (QED) is 0.116. The first kappa shape index (κ1) is 32.9. The molecule has 1 aliphatic heterocycles. The molecule has 5 nitrogen and oxygen atoms in total. The van der Waals surface area contributed by atoms with Crippen molar-refractivity contribution in [3.63, 3.8) is 0 Å². The molecule has 0 saturated carbocycles. The van der Waals surface area contributed by atoms with Gasteiger partial charge in [0.15, 0.2) is 0 Å². The van der Waals surface area contributed by atoms with Crippen LogP contribution in [0.25, 0.3) is 99.8 Å². The van der Waals surface area contributed by atoms with E-state index in [0.29, 0.717) is 28.2 Å². The lowest BCUT2D eigenvalue weighted by Gasteiger charge is -2.23. The first-order valence-corrected chi connectivity index (χ1v) is 23.9. The number of ether oxygens (including phenoxy) is 1. The fourth-order valence-electron chi connectivity index (χ4n) is 10.4. The second kappa shape index (κ2) is 17.5. The van der Waals surface area contributed by atoms with Crippen molar-refractivity contribution in [1.29, 1.82) is 0 Å².